The number of hydrogen-bond acceptors (Lipinski definition) is 2. The van der Waals surface area contributed by atoms with Crippen LogP contribution in [0, 0.1) is 0 Å². The van der Waals surface area contributed by atoms with Gasteiger partial charge in [0.25, 0.3) is 0 Å². The second kappa shape index (κ2) is 2.38. The molecule has 2 rings (SSSR count). The predicted octanol–water partition coefficient (Wildman–Crippen LogP) is 1.42. The molecule has 1 aromatic carbocycles. The molecule has 1 aliphatic rings. The van der Waals surface area contributed by atoms with Gasteiger partial charge < -0.3 is 11.1 Å². The first-order valence-corrected chi connectivity index (χ1v) is 3.92. The van der Waals surface area contributed by atoms with Gasteiger partial charge in [-0.05, 0) is 17.7 Å². The summed E-state index contributed by atoms with van der Waals surface area (Å²) in [6.45, 7) is 0. The van der Waals surface area contributed by atoms with Gasteiger partial charge in [-0.1, -0.05) is 11.6 Å². The molecule has 0 atom stereocenters. The number of anilines is 2. The van der Waals surface area contributed by atoms with Gasteiger partial charge in [-0.15, -0.1) is 0 Å². The Morgan fingerprint density at radius 1 is 1.50 bits per heavy atom. The lowest BCUT2D eigenvalue weighted by Crippen LogP contribution is -2.04. The third-order valence-corrected chi connectivity index (χ3v) is 2.05. The number of fused-ring (bicyclic) bond motifs is 1. The minimum absolute atomic E-state index is 0.0287. The number of rotatable bonds is 0. The van der Waals surface area contributed by atoms with Gasteiger partial charge in [-0.3, -0.25) is 4.79 Å². The van der Waals surface area contributed by atoms with Crippen molar-refractivity contribution < 1.29 is 4.79 Å². The van der Waals surface area contributed by atoms with Crippen molar-refractivity contribution in [3.05, 3.63) is 22.7 Å². The molecule has 0 unspecified atom stereocenters. The van der Waals surface area contributed by atoms with Crippen LogP contribution in [0.4, 0.5) is 11.4 Å². The van der Waals surface area contributed by atoms with E-state index in [0.29, 0.717) is 22.8 Å². The fraction of sp³-hybridized carbons (Fsp3) is 0.125. The topological polar surface area (TPSA) is 55.1 Å². The van der Waals surface area contributed by atoms with Crippen LogP contribution in [0.25, 0.3) is 0 Å². The third-order valence-electron chi connectivity index (χ3n) is 1.83. The van der Waals surface area contributed by atoms with E-state index < -0.39 is 0 Å². The zero-order chi connectivity index (χ0) is 8.72. The number of nitrogens with two attached hydrogens (primary N) is 1. The number of halogens is 1. The Balaban J connectivity index is 2.59. The maximum atomic E-state index is 11.0. The first kappa shape index (κ1) is 7.43. The Morgan fingerprint density at radius 2 is 2.25 bits per heavy atom. The molecule has 4 heteroatoms. The Labute approximate surface area is 74.5 Å². The molecule has 0 spiro atoms. The summed E-state index contributed by atoms with van der Waals surface area (Å²) in [5, 5.41) is 3.24. The van der Waals surface area contributed by atoms with Gasteiger partial charge in [-0.2, -0.15) is 0 Å². The number of hydrogen-bond donors (Lipinski definition) is 2. The average Bonchev–Trinajstić information content (AvgIpc) is 2.29. The van der Waals surface area contributed by atoms with E-state index in [1.807, 2.05) is 0 Å². The molecule has 0 fully saturated rings. The highest BCUT2D eigenvalue weighted by molar-refractivity contribution is 6.31. The third kappa shape index (κ3) is 1.02. The minimum Gasteiger partial charge on any atom is -0.397 e. The average molecular weight is 183 g/mol. The smallest absolute Gasteiger partial charge is 0.228 e. The molecule has 0 bridgehead atoms. The van der Waals surface area contributed by atoms with E-state index in [4.69, 9.17) is 17.3 Å². The molecule has 0 aliphatic carbocycles. The fourth-order valence-electron chi connectivity index (χ4n) is 1.33. The van der Waals surface area contributed by atoms with Crippen LogP contribution >= 0.6 is 11.6 Å². The van der Waals surface area contributed by atoms with E-state index >= 15 is 0 Å². The van der Waals surface area contributed by atoms with Crippen LogP contribution in [-0.2, 0) is 11.2 Å². The van der Waals surface area contributed by atoms with Crippen LogP contribution in [0.15, 0.2) is 12.1 Å². The molecule has 1 amide bonds. The maximum absolute atomic E-state index is 11.0. The van der Waals surface area contributed by atoms with Gasteiger partial charge in [-0.25, -0.2) is 0 Å². The molecule has 1 aromatic rings. The molecule has 0 saturated heterocycles. The maximum Gasteiger partial charge on any atom is 0.228 e. The van der Waals surface area contributed by atoms with Crippen LogP contribution in [0.5, 0.6) is 0 Å². The van der Waals surface area contributed by atoms with Gasteiger partial charge in [0.15, 0.2) is 0 Å². The van der Waals surface area contributed by atoms with Crippen LogP contribution in [0.2, 0.25) is 5.02 Å². The number of carbonyl (C=O) groups excluding carboxylic acids is 1. The van der Waals surface area contributed by atoms with Gasteiger partial charge in [0.05, 0.1) is 17.8 Å². The lowest BCUT2D eigenvalue weighted by Gasteiger charge is -2.02. The number of nitrogens with one attached hydrogen (secondary N) is 1. The summed E-state index contributed by atoms with van der Waals surface area (Å²) < 4.78 is 0. The van der Waals surface area contributed by atoms with Crippen molar-refractivity contribution in [1.82, 2.24) is 0 Å². The summed E-state index contributed by atoms with van der Waals surface area (Å²) in [4.78, 5) is 11.0. The summed E-state index contributed by atoms with van der Waals surface area (Å²) in [6.07, 6.45) is 0.375. The molecule has 3 N–H and O–H groups in total. The van der Waals surface area contributed by atoms with Gasteiger partial charge >= 0.3 is 0 Å². The standard InChI is InChI=1S/C8H7ClN2O/c9-5-1-4-2-7(12)11-8(4)6(10)3-5/h1,3H,2,10H2,(H,11,12). The van der Waals surface area contributed by atoms with E-state index in [-0.39, 0.29) is 5.91 Å². The molecule has 0 aromatic heterocycles. The molecular weight excluding hydrogens is 176 g/mol. The molecule has 0 saturated carbocycles. The summed E-state index contributed by atoms with van der Waals surface area (Å²) >= 11 is 5.76. The van der Waals surface area contributed by atoms with Crippen molar-refractivity contribution in [1.29, 1.82) is 0 Å². The Bertz CT molecular complexity index is 362. The van der Waals surface area contributed by atoms with Gasteiger partial charge in [0, 0.05) is 5.02 Å². The molecule has 62 valence electrons. The van der Waals surface area contributed by atoms with Gasteiger partial charge in [0.2, 0.25) is 5.91 Å². The Morgan fingerprint density at radius 3 is 3.00 bits per heavy atom. The quantitative estimate of drug-likeness (QED) is 0.597. The van der Waals surface area contributed by atoms with Crippen molar-refractivity contribution in [3.63, 3.8) is 0 Å². The largest absolute Gasteiger partial charge is 0.397 e. The number of carbonyl (C=O) groups is 1. The first-order valence-electron chi connectivity index (χ1n) is 3.54. The van der Waals surface area contributed by atoms with E-state index in [1.54, 1.807) is 12.1 Å². The van der Waals surface area contributed by atoms with Crippen LogP contribution in [0.3, 0.4) is 0 Å². The lowest BCUT2D eigenvalue weighted by atomic mass is 10.1. The highest BCUT2D eigenvalue weighted by atomic mass is 35.5. The lowest BCUT2D eigenvalue weighted by molar-refractivity contribution is -0.115. The fourth-order valence-corrected chi connectivity index (χ4v) is 1.58. The first-order chi connectivity index (χ1) is 5.66. The number of amides is 1. The van der Waals surface area contributed by atoms with Crippen molar-refractivity contribution in [3.8, 4) is 0 Å². The molecule has 12 heavy (non-hydrogen) atoms. The summed E-state index contributed by atoms with van der Waals surface area (Å²) in [7, 11) is 0. The minimum atomic E-state index is -0.0287. The Kier molecular flexibility index (Phi) is 1.48. The monoisotopic (exact) mass is 182 g/mol. The molecule has 0 radical (unpaired) electrons. The highest BCUT2D eigenvalue weighted by Gasteiger charge is 2.19. The second-order valence-corrected chi connectivity index (χ2v) is 3.19. The highest BCUT2D eigenvalue weighted by Crippen LogP contribution is 2.32. The van der Waals surface area contributed by atoms with Crippen LogP contribution < -0.4 is 11.1 Å². The molecular formula is C8H7ClN2O. The van der Waals surface area contributed by atoms with E-state index in [2.05, 4.69) is 5.32 Å². The van der Waals surface area contributed by atoms with Crippen molar-refractivity contribution in [2.24, 2.45) is 0 Å². The van der Waals surface area contributed by atoms with Crippen LogP contribution in [-0.4, -0.2) is 5.91 Å². The van der Waals surface area contributed by atoms with E-state index in [1.165, 1.54) is 0 Å². The molecule has 1 aliphatic heterocycles. The second-order valence-electron chi connectivity index (χ2n) is 2.75. The SMILES string of the molecule is Nc1cc(Cl)cc2c1NC(=O)C2. The molecule has 3 nitrogen and oxygen atoms in total. The van der Waals surface area contributed by atoms with Crippen molar-refractivity contribution in [2.45, 2.75) is 6.42 Å². The van der Waals surface area contributed by atoms with Crippen molar-refractivity contribution >= 4 is 28.9 Å². The van der Waals surface area contributed by atoms with Crippen molar-refractivity contribution in [2.75, 3.05) is 11.1 Å². The molecule has 1 heterocycles. The normalized spacial score (nSPS) is 14.2. The predicted molar refractivity (Wildman–Crippen MR) is 48.2 cm³/mol. The van der Waals surface area contributed by atoms with Gasteiger partial charge in [0.1, 0.15) is 0 Å². The number of benzene rings is 1. The van der Waals surface area contributed by atoms with E-state index in [9.17, 15) is 4.79 Å². The number of nitrogen functional groups attached to an aromatic ring is 1. The summed E-state index contributed by atoms with van der Waals surface area (Å²) in [5.74, 6) is -0.0287. The van der Waals surface area contributed by atoms with E-state index in [0.717, 1.165) is 5.56 Å². The zero-order valence-corrected chi connectivity index (χ0v) is 6.98. The Hall–Kier alpha value is -1.22. The summed E-state index contributed by atoms with van der Waals surface area (Å²) in [6, 6.07) is 3.39. The zero-order valence-electron chi connectivity index (χ0n) is 6.23. The summed E-state index contributed by atoms with van der Waals surface area (Å²) in [5.41, 5.74) is 7.76. The van der Waals surface area contributed by atoms with Crippen LogP contribution in [0.1, 0.15) is 5.56 Å².